The monoisotopic (exact) mass is 401 g/mol. The smallest absolute Gasteiger partial charge is 0.252 e. The van der Waals surface area contributed by atoms with Crippen LogP contribution in [0.4, 0.5) is 5.82 Å². The van der Waals surface area contributed by atoms with E-state index < -0.39 is 5.54 Å². The summed E-state index contributed by atoms with van der Waals surface area (Å²) >= 11 is 3.35. The Kier molecular flexibility index (Phi) is 4.76. The number of anilines is 1. The van der Waals surface area contributed by atoms with E-state index in [0.717, 1.165) is 4.47 Å². The molecule has 0 saturated heterocycles. The molecule has 0 saturated carbocycles. The molecule has 0 spiro atoms. The van der Waals surface area contributed by atoms with Gasteiger partial charge in [0.2, 0.25) is 0 Å². The van der Waals surface area contributed by atoms with Crippen LogP contribution in [0.2, 0.25) is 0 Å². The molecule has 2 aromatic heterocycles. The average Bonchev–Trinajstić information content (AvgIpc) is 3.17. The van der Waals surface area contributed by atoms with E-state index in [-0.39, 0.29) is 5.91 Å². The third kappa shape index (κ3) is 3.99. The van der Waals surface area contributed by atoms with Crippen molar-refractivity contribution in [2.75, 3.05) is 5.32 Å². The Morgan fingerprint density at radius 1 is 1.32 bits per heavy atom. The van der Waals surface area contributed by atoms with Gasteiger partial charge in [0.05, 0.1) is 17.2 Å². The summed E-state index contributed by atoms with van der Waals surface area (Å²) in [4.78, 5) is 12.6. The van der Waals surface area contributed by atoms with Gasteiger partial charge in [-0.1, -0.05) is 29.8 Å². The quantitative estimate of drug-likeness (QED) is 0.710. The van der Waals surface area contributed by atoms with Gasteiger partial charge < -0.3 is 5.32 Å². The van der Waals surface area contributed by atoms with Crippen molar-refractivity contribution >= 4 is 27.7 Å². The summed E-state index contributed by atoms with van der Waals surface area (Å²) in [5.41, 5.74) is 1.56. The zero-order chi connectivity index (χ0) is 18.0. The van der Waals surface area contributed by atoms with Crippen LogP contribution in [0.25, 0.3) is 0 Å². The number of aryl methyl sites for hydroxylation is 1. The highest BCUT2D eigenvalue weighted by Crippen LogP contribution is 2.19. The van der Waals surface area contributed by atoms with Crippen molar-refractivity contribution in [2.45, 2.75) is 32.9 Å². The molecule has 25 heavy (non-hydrogen) atoms. The Balaban J connectivity index is 1.69. The average molecular weight is 402 g/mol. The Labute approximate surface area is 155 Å². The topological polar surface area (TPSA) is 64.7 Å². The fourth-order valence-electron chi connectivity index (χ4n) is 2.49. The maximum absolute atomic E-state index is 12.6. The molecule has 0 aliphatic carbocycles. The van der Waals surface area contributed by atoms with Gasteiger partial charge in [-0.15, -0.1) is 0 Å². The lowest BCUT2D eigenvalue weighted by molar-refractivity contribution is -0.123. The first-order valence-corrected chi connectivity index (χ1v) is 8.75. The van der Waals surface area contributed by atoms with E-state index >= 15 is 0 Å². The van der Waals surface area contributed by atoms with E-state index in [4.69, 9.17) is 0 Å². The molecule has 3 rings (SSSR count). The minimum atomic E-state index is -0.827. The van der Waals surface area contributed by atoms with Crippen LogP contribution in [0.3, 0.4) is 0 Å². The second kappa shape index (κ2) is 6.84. The molecule has 130 valence electrons. The lowest BCUT2D eigenvalue weighted by Gasteiger charge is -2.23. The normalized spacial score (nSPS) is 11.5. The van der Waals surface area contributed by atoms with E-state index in [0.29, 0.717) is 12.4 Å². The van der Waals surface area contributed by atoms with Gasteiger partial charge in [0, 0.05) is 18.5 Å². The van der Waals surface area contributed by atoms with Gasteiger partial charge in [-0.3, -0.25) is 14.2 Å². The van der Waals surface area contributed by atoms with Crippen LogP contribution in [0.5, 0.6) is 0 Å². The van der Waals surface area contributed by atoms with Gasteiger partial charge >= 0.3 is 0 Å². The molecule has 2 heterocycles. The van der Waals surface area contributed by atoms with Crippen molar-refractivity contribution in [1.29, 1.82) is 0 Å². The molecule has 6 nitrogen and oxygen atoms in total. The fourth-order valence-corrected chi connectivity index (χ4v) is 2.78. The van der Waals surface area contributed by atoms with Crippen LogP contribution in [0, 0.1) is 6.92 Å². The number of hydrogen-bond acceptors (Lipinski definition) is 3. The van der Waals surface area contributed by atoms with Crippen molar-refractivity contribution in [3.05, 3.63) is 64.5 Å². The molecule has 0 atom stereocenters. The molecule has 0 unspecified atom stereocenters. The van der Waals surface area contributed by atoms with Crippen LogP contribution in [0.1, 0.15) is 25.0 Å². The Morgan fingerprint density at radius 2 is 2.12 bits per heavy atom. The SMILES string of the molecule is Cc1cccc(Cn2ccc(NC(=O)C(C)(C)n3cc(Br)cn3)n2)c1. The van der Waals surface area contributed by atoms with Gasteiger partial charge in [-0.05, 0) is 42.3 Å². The first-order valence-electron chi connectivity index (χ1n) is 7.96. The summed E-state index contributed by atoms with van der Waals surface area (Å²) in [6.45, 7) is 6.35. The summed E-state index contributed by atoms with van der Waals surface area (Å²) in [7, 11) is 0. The predicted octanol–water partition coefficient (Wildman–Crippen LogP) is 3.57. The minimum Gasteiger partial charge on any atom is -0.307 e. The number of nitrogens with one attached hydrogen (secondary N) is 1. The van der Waals surface area contributed by atoms with Gasteiger partial charge in [-0.2, -0.15) is 10.2 Å². The summed E-state index contributed by atoms with van der Waals surface area (Å²) in [6, 6.07) is 10.1. The molecule has 0 fully saturated rings. The lowest BCUT2D eigenvalue weighted by atomic mass is 10.1. The molecular formula is C18H20BrN5O. The highest BCUT2D eigenvalue weighted by molar-refractivity contribution is 9.10. The maximum atomic E-state index is 12.6. The zero-order valence-electron chi connectivity index (χ0n) is 14.4. The zero-order valence-corrected chi connectivity index (χ0v) is 16.0. The summed E-state index contributed by atoms with van der Waals surface area (Å²) < 4.78 is 4.26. The third-order valence-electron chi connectivity index (χ3n) is 3.99. The molecule has 3 aromatic rings. The number of hydrogen-bond donors (Lipinski definition) is 1. The van der Waals surface area contributed by atoms with E-state index in [2.05, 4.69) is 56.6 Å². The van der Waals surface area contributed by atoms with E-state index in [1.54, 1.807) is 23.1 Å². The van der Waals surface area contributed by atoms with Crippen molar-refractivity contribution in [2.24, 2.45) is 0 Å². The molecule has 1 amide bonds. The van der Waals surface area contributed by atoms with Crippen LogP contribution in [-0.4, -0.2) is 25.5 Å². The Hall–Kier alpha value is -2.41. The van der Waals surface area contributed by atoms with Crippen LogP contribution in [-0.2, 0) is 16.9 Å². The number of amides is 1. The number of carbonyl (C=O) groups excluding carboxylic acids is 1. The molecule has 1 N–H and O–H groups in total. The molecule has 0 bridgehead atoms. The molecule has 0 aliphatic heterocycles. The number of aromatic nitrogens is 4. The van der Waals surface area contributed by atoms with Gasteiger partial charge in [0.15, 0.2) is 5.82 Å². The van der Waals surface area contributed by atoms with Gasteiger partial charge in [-0.25, -0.2) is 0 Å². The van der Waals surface area contributed by atoms with E-state index in [9.17, 15) is 4.79 Å². The molecular weight excluding hydrogens is 382 g/mol. The van der Waals surface area contributed by atoms with Crippen LogP contribution in [0.15, 0.2) is 53.4 Å². The summed E-state index contributed by atoms with van der Waals surface area (Å²) in [6.07, 6.45) is 5.29. The maximum Gasteiger partial charge on any atom is 0.252 e. The second-order valence-electron chi connectivity index (χ2n) is 6.50. The van der Waals surface area contributed by atoms with Gasteiger partial charge in [0.1, 0.15) is 5.54 Å². The standard InChI is InChI=1S/C18H20BrN5O/c1-13-5-4-6-14(9-13)11-23-8-7-16(22-23)21-17(25)18(2,3)24-12-15(19)10-20-24/h4-10,12H,11H2,1-3H3,(H,21,22,25). The Morgan fingerprint density at radius 3 is 2.80 bits per heavy atom. The number of carbonyl (C=O) groups is 1. The Bertz CT molecular complexity index is 896. The second-order valence-corrected chi connectivity index (χ2v) is 7.42. The van der Waals surface area contributed by atoms with E-state index in [1.165, 1.54) is 11.1 Å². The first kappa shape index (κ1) is 17.4. The van der Waals surface area contributed by atoms with E-state index in [1.807, 2.05) is 30.8 Å². The van der Waals surface area contributed by atoms with Crippen LogP contribution >= 0.6 is 15.9 Å². The van der Waals surface area contributed by atoms with Crippen molar-refractivity contribution < 1.29 is 4.79 Å². The third-order valence-corrected chi connectivity index (χ3v) is 4.40. The van der Waals surface area contributed by atoms with Crippen molar-refractivity contribution in [3.8, 4) is 0 Å². The summed E-state index contributed by atoms with van der Waals surface area (Å²) in [5, 5.41) is 11.5. The number of benzene rings is 1. The molecule has 0 radical (unpaired) electrons. The minimum absolute atomic E-state index is 0.177. The van der Waals surface area contributed by atoms with Crippen molar-refractivity contribution in [1.82, 2.24) is 19.6 Å². The first-order chi connectivity index (χ1) is 11.8. The lowest BCUT2D eigenvalue weighted by Crippen LogP contribution is -2.40. The van der Waals surface area contributed by atoms with Gasteiger partial charge in [0.25, 0.3) is 5.91 Å². The van der Waals surface area contributed by atoms with Crippen molar-refractivity contribution in [3.63, 3.8) is 0 Å². The highest BCUT2D eigenvalue weighted by atomic mass is 79.9. The number of nitrogens with zero attached hydrogens (tertiary/aromatic N) is 4. The largest absolute Gasteiger partial charge is 0.307 e. The number of halogens is 1. The predicted molar refractivity (Wildman–Crippen MR) is 100 cm³/mol. The molecule has 0 aliphatic rings. The fraction of sp³-hybridized carbons (Fsp3) is 0.278. The highest BCUT2D eigenvalue weighted by Gasteiger charge is 2.31. The molecule has 1 aromatic carbocycles. The molecule has 7 heteroatoms. The summed E-state index contributed by atoms with van der Waals surface area (Å²) in [5.74, 6) is 0.348. The van der Waals surface area contributed by atoms with Crippen LogP contribution < -0.4 is 5.32 Å². The number of rotatable bonds is 5.